The molecule has 3 heterocycles. The van der Waals surface area contributed by atoms with Gasteiger partial charge in [0.05, 0.1) is 12.9 Å². The van der Waals surface area contributed by atoms with Crippen molar-refractivity contribution in [1.82, 2.24) is 14.8 Å². The molecule has 1 N–H and O–H groups in total. The van der Waals surface area contributed by atoms with Crippen LogP contribution in [0.5, 0.6) is 0 Å². The second-order valence-corrected chi connectivity index (χ2v) is 7.65. The van der Waals surface area contributed by atoms with Crippen molar-refractivity contribution in [2.75, 3.05) is 12.9 Å². The maximum absolute atomic E-state index is 11.9. The fourth-order valence-corrected chi connectivity index (χ4v) is 3.11. The van der Waals surface area contributed by atoms with E-state index in [9.17, 15) is 18.0 Å². The predicted octanol–water partition coefficient (Wildman–Crippen LogP) is -1.67. The second kappa shape index (κ2) is 5.74. The van der Waals surface area contributed by atoms with Crippen molar-refractivity contribution < 1.29 is 26.8 Å². The molecule has 0 aromatic carbocycles. The standard InChI is InChI=1S/C12H17N3O8S/c1-12(2)22-8-6(5-20-24(3,18)19)21-10(9(8)23-12)15-11(17)14-7(16)4-13-15/h4,6,8-10H,5H2,1-3H3,(H,14,16,17)/t6-,8+,9-,10-/m0/s1. The number of nitrogens with one attached hydrogen (secondary N) is 1. The van der Waals surface area contributed by atoms with E-state index in [2.05, 4.69) is 10.1 Å². The number of nitrogens with zero attached hydrogens (tertiary/aromatic N) is 2. The lowest BCUT2D eigenvalue weighted by molar-refractivity contribution is -0.201. The van der Waals surface area contributed by atoms with Gasteiger partial charge in [0.25, 0.3) is 15.7 Å². The van der Waals surface area contributed by atoms with E-state index in [1.165, 1.54) is 0 Å². The van der Waals surface area contributed by atoms with E-state index in [-0.39, 0.29) is 6.61 Å². The number of ether oxygens (including phenoxy) is 3. The molecule has 0 saturated carbocycles. The first kappa shape index (κ1) is 17.2. The van der Waals surface area contributed by atoms with Gasteiger partial charge in [-0.25, -0.2) is 4.79 Å². The Labute approximate surface area is 136 Å². The van der Waals surface area contributed by atoms with E-state index in [1.807, 2.05) is 0 Å². The first-order chi connectivity index (χ1) is 11.1. The van der Waals surface area contributed by atoms with Crippen LogP contribution in [0.25, 0.3) is 0 Å². The highest BCUT2D eigenvalue weighted by Crippen LogP contribution is 2.42. The van der Waals surface area contributed by atoms with Crippen molar-refractivity contribution in [3.05, 3.63) is 27.0 Å². The molecule has 2 aliphatic rings. The molecule has 0 spiro atoms. The minimum absolute atomic E-state index is 0.298. The van der Waals surface area contributed by atoms with E-state index < -0.39 is 51.7 Å². The van der Waals surface area contributed by atoms with Gasteiger partial charge in [0.2, 0.25) is 0 Å². The Morgan fingerprint density at radius 2 is 2.00 bits per heavy atom. The molecule has 1 aromatic heterocycles. The van der Waals surface area contributed by atoms with Gasteiger partial charge in [-0.1, -0.05) is 0 Å². The fourth-order valence-electron chi connectivity index (χ4n) is 2.72. The van der Waals surface area contributed by atoms with Gasteiger partial charge in [-0.15, -0.1) is 0 Å². The van der Waals surface area contributed by atoms with Crippen molar-refractivity contribution in [3.63, 3.8) is 0 Å². The molecule has 0 radical (unpaired) electrons. The number of aromatic amines is 1. The van der Waals surface area contributed by atoms with Crippen molar-refractivity contribution in [2.45, 2.75) is 44.2 Å². The fraction of sp³-hybridized carbons (Fsp3) is 0.750. The molecule has 11 nitrogen and oxygen atoms in total. The summed E-state index contributed by atoms with van der Waals surface area (Å²) < 4.78 is 45.2. The second-order valence-electron chi connectivity index (χ2n) is 6.00. The van der Waals surface area contributed by atoms with Crippen LogP contribution in [0.4, 0.5) is 0 Å². The van der Waals surface area contributed by atoms with Crippen LogP contribution in [0, 0.1) is 0 Å². The topological polar surface area (TPSA) is 139 Å². The smallest absolute Gasteiger partial charge is 0.345 e. The van der Waals surface area contributed by atoms with E-state index in [0.717, 1.165) is 17.1 Å². The van der Waals surface area contributed by atoms with Crippen LogP contribution in [-0.2, 0) is 28.5 Å². The molecule has 1 aromatic rings. The van der Waals surface area contributed by atoms with Crippen LogP contribution in [0.15, 0.2) is 15.8 Å². The molecule has 0 bridgehead atoms. The Bertz CT molecular complexity index is 844. The minimum atomic E-state index is -3.67. The third-order valence-electron chi connectivity index (χ3n) is 3.55. The van der Waals surface area contributed by atoms with Crippen LogP contribution in [0.3, 0.4) is 0 Å². The number of hydrogen-bond donors (Lipinski definition) is 1. The van der Waals surface area contributed by atoms with E-state index in [4.69, 9.17) is 18.4 Å². The van der Waals surface area contributed by atoms with Gasteiger partial charge in [-0.3, -0.25) is 14.0 Å². The lowest BCUT2D eigenvalue weighted by Crippen LogP contribution is -2.39. The molecule has 24 heavy (non-hydrogen) atoms. The summed E-state index contributed by atoms with van der Waals surface area (Å²) in [6.45, 7) is 3.06. The van der Waals surface area contributed by atoms with Crippen LogP contribution in [0.1, 0.15) is 20.1 Å². The first-order valence-electron chi connectivity index (χ1n) is 7.09. The molecular weight excluding hydrogens is 346 g/mol. The Kier molecular flexibility index (Phi) is 4.12. The summed E-state index contributed by atoms with van der Waals surface area (Å²) in [4.78, 5) is 25.2. The highest BCUT2D eigenvalue weighted by atomic mass is 32.2. The maximum Gasteiger partial charge on any atom is 0.347 e. The summed E-state index contributed by atoms with van der Waals surface area (Å²) in [6, 6.07) is 0. The van der Waals surface area contributed by atoms with Crippen LogP contribution in [-0.4, -0.2) is 60.1 Å². The number of fused-ring (bicyclic) bond motifs is 1. The van der Waals surface area contributed by atoms with E-state index in [1.54, 1.807) is 13.8 Å². The van der Waals surface area contributed by atoms with Gasteiger partial charge >= 0.3 is 5.69 Å². The molecule has 2 saturated heterocycles. The summed E-state index contributed by atoms with van der Waals surface area (Å²) in [7, 11) is -3.67. The molecule has 2 aliphatic heterocycles. The van der Waals surface area contributed by atoms with Gasteiger partial charge < -0.3 is 14.2 Å². The van der Waals surface area contributed by atoms with Crippen molar-refractivity contribution in [2.24, 2.45) is 0 Å². The first-order valence-corrected chi connectivity index (χ1v) is 8.91. The molecule has 0 unspecified atom stereocenters. The van der Waals surface area contributed by atoms with Crippen LogP contribution in [0.2, 0.25) is 0 Å². The summed E-state index contributed by atoms with van der Waals surface area (Å²) in [5.74, 6) is -0.952. The van der Waals surface area contributed by atoms with E-state index in [0.29, 0.717) is 0 Å². The Hall–Kier alpha value is -1.60. The zero-order valence-electron chi connectivity index (χ0n) is 13.2. The van der Waals surface area contributed by atoms with Crippen molar-refractivity contribution in [1.29, 1.82) is 0 Å². The van der Waals surface area contributed by atoms with Crippen molar-refractivity contribution >= 4 is 10.1 Å². The molecule has 2 fully saturated rings. The molecule has 0 amide bonds. The SMILES string of the molecule is CC1(C)O[C@H]2[C@H](O1)[C@@H](n1ncc(=O)[nH]c1=O)O[C@H]2COS(C)(=O)=O. The summed E-state index contributed by atoms with van der Waals surface area (Å²) in [5.41, 5.74) is -1.42. The number of aromatic nitrogens is 3. The lowest BCUT2D eigenvalue weighted by Gasteiger charge is -2.24. The van der Waals surface area contributed by atoms with Crippen LogP contribution < -0.4 is 11.2 Å². The lowest BCUT2D eigenvalue weighted by atomic mass is 10.1. The Morgan fingerprint density at radius 1 is 1.33 bits per heavy atom. The van der Waals surface area contributed by atoms with Gasteiger partial charge in [-0.05, 0) is 13.8 Å². The molecule has 4 atom stereocenters. The van der Waals surface area contributed by atoms with Crippen LogP contribution >= 0.6 is 0 Å². The number of hydrogen-bond acceptors (Lipinski definition) is 9. The zero-order valence-corrected chi connectivity index (χ0v) is 14.0. The van der Waals surface area contributed by atoms with Gasteiger partial charge in [0.1, 0.15) is 24.5 Å². The van der Waals surface area contributed by atoms with E-state index >= 15 is 0 Å². The average molecular weight is 363 g/mol. The third-order valence-corrected chi connectivity index (χ3v) is 4.11. The Morgan fingerprint density at radius 3 is 2.62 bits per heavy atom. The average Bonchev–Trinajstić information content (AvgIpc) is 2.90. The quantitative estimate of drug-likeness (QED) is 0.622. The highest BCUT2D eigenvalue weighted by Gasteiger charge is 2.56. The summed E-state index contributed by atoms with van der Waals surface area (Å²) in [6.07, 6.45) is -1.31. The minimum Gasteiger partial charge on any atom is -0.345 e. The molecule has 0 aliphatic carbocycles. The van der Waals surface area contributed by atoms with Gasteiger partial charge in [0, 0.05) is 0 Å². The molecule has 134 valence electrons. The number of H-pyrrole nitrogens is 1. The molecular formula is C12H17N3O8S. The zero-order chi connectivity index (χ0) is 17.7. The monoisotopic (exact) mass is 363 g/mol. The number of rotatable bonds is 4. The highest BCUT2D eigenvalue weighted by molar-refractivity contribution is 7.85. The third kappa shape index (κ3) is 3.42. The maximum atomic E-state index is 11.9. The largest absolute Gasteiger partial charge is 0.347 e. The van der Waals surface area contributed by atoms with Crippen molar-refractivity contribution in [3.8, 4) is 0 Å². The normalized spacial score (nSPS) is 32.0. The Balaban J connectivity index is 1.90. The molecule has 12 heteroatoms. The van der Waals surface area contributed by atoms with Gasteiger partial charge in [0.15, 0.2) is 12.0 Å². The predicted molar refractivity (Wildman–Crippen MR) is 77.6 cm³/mol. The summed E-state index contributed by atoms with van der Waals surface area (Å²) in [5, 5.41) is 3.75. The van der Waals surface area contributed by atoms with Gasteiger partial charge in [-0.2, -0.15) is 18.2 Å². The summed E-state index contributed by atoms with van der Waals surface area (Å²) >= 11 is 0. The molecule has 3 rings (SSSR count).